The maximum Gasteiger partial charge on any atom is 0.322 e. The predicted molar refractivity (Wildman–Crippen MR) is 131 cm³/mol. The lowest BCUT2D eigenvalue weighted by molar-refractivity contribution is -0.142. The molecule has 0 bridgehead atoms. The number of carbonyl (C=O) groups is 6. The van der Waals surface area contributed by atoms with Gasteiger partial charge in [0.25, 0.3) is 0 Å². The van der Waals surface area contributed by atoms with Gasteiger partial charge < -0.3 is 36.6 Å². The molecule has 0 aromatic rings. The van der Waals surface area contributed by atoms with Crippen LogP contribution >= 0.6 is 25.3 Å². The van der Waals surface area contributed by atoms with Crippen molar-refractivity contribution < 1.29 is 33.9 Å². The van der Waals surface area contributed by atoms with E-state index in [1.54, 1.807) is 0 Å². The fourth-order valence-corrected chi connectivity index (χ4v) is 4.66. The Labute approximate surface area is 213 Å². The molecule has 13 nitrogen and oxygen atoms in total. The van der Waals surface area contributed by atoms with Gasteiger partial charge in [0.05, 0.1) is 6.54 Å². The van der Waals surface area contributed by atoms with Crippen molar-refractivity contribution >= 4 is 60.8 Å². The lowest BCUT2D eigenvalue weighted by Gasteiger charge is -2.29. The number of likely N-dealkylation sites (tertiary alicyclic amines) is 2. The van der Waals surface area contributed by atoms with Crippen molar-refractivity contribution in [1.82, 2.24) is 25.8 Å². The van der Waals surface area contributed by atoms with Crippen LogP contribution in [0.5, 0.6) is 0 Å². The van der Waals surface area contributed by atoms with Gasteiger partial charge in [-0.3, -0.25) is 28.8 Å². The third kappa shape index (κ3) is 7.48. The Bertz CT molecular complexity index is 845. The SMILES string of the molecule is NCC(=O)N1CCC[C@H]1C(=O)N[C@@H](CS)C(=O)N[C@@H](CS)C(=O)N1CCC[C@H]1C(=O)NCC(=O)O. The molecule has 0 saturated carbocycles. The van der Waals surface area contributed by atoms with E-state index in [9.17, 15) is 28.8 Å². The molecule has 0 radical (unpaired) electrons. The molecule has 2 rings (SSSR count). The summed E-state index contributed by atoms with van der Waals surface area (Å²) in [7, 11) is 0. The minimum absolute atomic E-state index is 0.0630. The molecule has 2 aliphatic rings. The van der Waals surface area contributed by atoms with Gasteiger partial charge >= 0.3 is 5.97 Å². The largest absolute Gasteiger partial charge is 0.480 e. The molecule has 0 spiro atoms. The Balaban J connectivity index is 2.00. The number of carbonyl (C=O) groups excluding carboxylic acids is 5. The van der Waals surface area contributed by atoms with Crippen LogP contribution in [-0.4, -0.2) is 112 Å². The van der Waals surface area contributed by atoms with E-state index in [4.69, 9.17) is 10.8 Å². The molecule has 35 heavy (non-hydrogen) atoms. The molecule has 2 saturated heterocycles. The summed E-state index contributed by atoms with van der Waals surface area (Å²) in [6.45, 7) is -0.122. The van der Waals surface area contributed by atoms with Crippen molar-refractivity contribution in [3.8, 4) is 0 Å². The normalized spacial score (nSPS) is 21.2. The van der Waals surface area contributed by atoms with E-state index >= 15 is 0 Å². The summed E-state index contributed by atoms with van der Waals surface area (Å²) in [5.74, 6) is -4.00. The van der Waals surface area contributed by atoms with Crippen molar-refractivity contribution in [1.29, 1.82) is 0 Å². The summed E-state index contributed by atoms with van der Waals surface area (Å²) in [6.07, 6.45) is 1.98. The van der Waals surface area contributed by atoms with Crippen LogP contribution in [0.2, 0.25) is 0 Å². The van der Waals surface area contributed by atoms with Crippen molar-refractivity contribution in [2.24, 2.45) is 5.73 Å². The Morgan fingerprint density at radius 2 is 1.46 bits per heavy atom. The highest BCUT2D eigenvalue weighted by molar-refractivity contribution is 7.80. The second-order valence-electron chi connectivity index (χ2n) is 8.24. The molecular formula is C20H32N6O7S2. The van der Waals surface area contributed by atoms with Crippen LogP contribution < -0.4 is 21.7 Å². The lowest BCUT2D eigenvalue weighted by atomic mass is 10.1. The van der Waals surface area contributed by atoms with E-state index in [2.05, 4.69) is 41.2 Å². The zero-order valence-electron chi connectivity index (χ0n) is 19.1. The summed E-state index contributed by atoms with van der Waals surface area (Å²) in [6, 6.07) is -3.75. The quantitative estimate of drug-likeness (QED) is 0.137. The number of aliphatic carboxylic acids is 1. The minimum atomic E-state index is -1.21. The zero-order chi connectivity index (χ0) is 26.1. The topological polar surface area (TPSA) is 191 Å². The van der Waals surface area contributed by atoms with Gasteiger partial charge in [-0.1, -0.05) is 0 Å². The number of nitrogens with one attached hydrogen (secondary N) is 3. The number of hydrogen-bond donors (Lipinski definition) is 7. The molecule has 2 fully saturated rings. The first-order chi connectivity index (χ1) is 16.6. The summed E-state index contributed by atoms with van der Waals surface area (Å²) in [4.78, 5) is 76.3. The molecule has 5 amide bonds. The van der Waals surface area contributed by atoms with Crippen LogP contribution in [0.15, 0.2) is 0 Å². The number of rotatable bonds is 11. The lowest BCUT2D eigenvalue weighted by Crippen LogP contribution is -2.59. The van der Waals surface area contributed by atoms with Gasteiger partial charge in [0.1, 0.15) is 30.7 Å². The highest BCUT2D eigenvalue weighted by Gasteiger charge is 2.39. The first-order valence-corrected chi connectivity index (χ1v) is 12.5. The van der Waals surface area contributed by atoms with E-state index in [0.717, 1.165) is 0 Å². The Kier molecular flexibility index (Phi) is 11.1. The van der Waals surface area contributed by atoms with Crippen LogP contribution in [0.3, 0.4) is 0 Å². The number of amides is 5. The van der Waals surface area contributed by atoms with E-state index in [1.165, 1.54) is 9.80 Å². The van der Waals surface area contributed by atoms with Gasteiger partial charge in [-0.2, -0.15) is 25.3 Å². The Hall–Kier alpha value is -2.52. The fraction of sp³-hybridized carbons (Fsp3) is 0.700. The average molecular weight is 533 g/mol. The minimum Gasteiger partial charge on any atom is -0.480 e. The smallest absolute Gasteiger partial charge is 0.322 e. The number of thiol groups is 2. The van der Waals surface area contributed by atoms with Gasteiger partial charge in [0.2, 0.25) is 29.5 Å². The van der Waals surface area contributed by atoms with Crippen molar-refractivity contribution in [3.05, 3.63) is 0 Å². The fourth-order valence-electron chi connectivity index (χ4n) is 4.16. The van der Waals surface area contributed by atoms with Crippen LogP contribution in [-0.2, 0) is 28.8 Å². The molecule has 2 aliphatic heterocycles. The molecule has 196 valence electrons. The van der Waals surface area contributed by atoms with Crippen LogP contribution in [0, 0.1) is 0 Å². The van der Waals surface area contributed by atoms with E-state index in [0.29, 0.717) is 32.2 Å². The first kappa shape index (κ1) is 28.7. The summed E-state index contributed by atoms with van der Waals surface area (Å²) < 4.78 is 0. The first-order valence-electron chi connectivity index (χ1n) is 11.3. The summed E-state index contributed by atoms with van der Waals surface area (Å²) >= 11 is 8.29. The number of carboxylic acid groups (broad SMARTS) is 1. The van der Waals surface area contributed by atoms with Gasteiger partial charge in [-0.15, -0.1) is 0 Å². The van der Waals surface area contributed by atoms with E-state index in [1.807, 2.05) is 0 Å². The molecule has 0 aromatic carbocycles. The van der Waals surface area contributed by atoms with Gasteiger partial charge in [0, 0.05) is 24.6 Å². The van der Waals surface area contributed by atoms with Gasteiger partial charge in [-0.05, 0) is 25.7 Å². The number of carboxylic acids is 1. The Morgan fingerprint density at radius 3 is 2.00 bits per heavy atom. The Morgan fingerprint density at radius 1 is 0.886 bits per heavy atom. The standard InChI is InChI=1S/C20H32N6O7S2/c21-7-15(27)25-5-1-4-14(25)19(32)23-11(9-34)17(30)24-12(10-35)20(33)26-6-2-3-13(26)18(31)22-8-16(28)29/h11-14,34-35H,1-10,21H2,(H,22,31)(H,23,32)(H,24,30)(H,28,29)/t11-,12-,13-,14-/m0/s1. The molecule has 6 N–H and O–H groups in total. The molecule has 0 aliphatic carbocycles. The van der Waals surface area contributed by atoms with Crippen LogP contribution in [0.1, 0.15) is 25.7 Å². The highest BCUT2D eigenvalue weighted by Crippen LogP contribution is 2.19. The maximum atomic E-state index is 13.1. The summed E-state index contributed by atoms with van der Waals surface area (Å²) in [5.41, 5.74) is 5.41. The van der Waals surface area contributed by atoms with Crippen molar-refractivity contribution in [2.75, 3.05) is 37.7 Å². The maximum absolute atomic E-state index is 13.1. The number of hydrogen-bond acceptors (Lipinski definition) is 9. The number of nitrogens with two attached hydrogens (primary N) is 1. The van der Waals surface area contributed by atoms with Crippen molar-refractivity contribution in [2.45, 2.75) is 49.9 Å². The average Bonchev–Trinajstić information content (AvgIpc) is 3.53. The zero-order valence-corrected chi connectivity index (χ0v) is 20.9. The second-order valence-corrected chi connectivity index (χ2v) is 8.97. The predicted octanol–water partition coefficient (Wildman–Crippen LogP) is -3.04. The summed E-state index contributed by atoms with van der Waals surface area (Å²) in [5, 5.41) is 16.1. The molecular weight excluding hydrogens is 500 g/mol. The molecule has 0 aromatic heterocycles. The highest BCUT2D eigenvalue weighted by atomic mass is 32.1. The van der Waals surface area contributed by atoms with Crippen LogP contribution in [0.4, 0.5) is 0 Å². The second kappa shape index (κ2) is 13.5. The van der Waals surface area contributed by atoms with Gasteiger partial charge in [-0.25, -0.2) is 0 Å². The molecule has 0 unspecified atom stereocenters. The van der Waals surface area contributed by atoms with Crippen LogP contribution in [0.25, 0.3) is 0 Å². The van der Waals surface area contributed by atoms with E-state index in [-0.39, 0.29) is 30.5 Å². The molecule has 2 heterocycles. The van der Waals surface area contributed by atoms with E-state index < -0.39 is 60.3 Å². The molecule has 4 atom stereocenters. The monoisotopic (exact) mass is 532 g/mol. The number of nitrogens with zero attached hydrogens (tertiary/aromatic N) is 2. The molecule has 15 heteroatoms. The third-order valence-electron chi connectivity index (χ3n) is 5.92. The van der Waals surface area contributed by atoms with Crippen molar-refractivity contribution in [3.63, 3.8) is 0 Å². The third-order valence-corrected chi connectivity index (χ3v) is 6.65. The van der Waals surface area contributed by atoms with Gasteiger partial charge in [0.15, 0.2) is 0 Å².